The van der Waals surface area contributed by atoms with Crippen molar-refractivity contribution in [3.8, 4) is 0 Å². The Balaban J connectivity index is 0.000000298. The lowest BCUT2D eigenvalue weighted by Gasteiger charge is -2.48. The summed E-state index contributed by atoms with van der Waals surface area (Å²) in [6, 6.07) is 9.58. The van der Waals surface area contributed by atoms with Crippen molar-refractivity contribution in [1.82, 2.24) is 10.2 Å². The molecule has 4 rings (SSSR count). The van der Waals surface area contributed by atoms with E-state index in [9.17, 15) is 27.9 Å². The van der Waals surface area contributed by atoms with Crippen LogP contribution in [0.4, 0.5) is 13.2 Å². The van der Waals surface area contributed by atoms with E-state index < -0.39 is 18.1 Å². The third-order valence-corrected chi connectivity index (χ3v) is 4.97. The van der Waals surface area contributed by atoms with E-state index in [-0.39, 0.29) is 23.7 Å². The zero-order valence-electron chi connectivity index (χ0n) is 14.9. The highest BCUT2D eigenvalue weighted by atomic mass is 19.4. The number of carbonyl (C=O) groups is 3. The van der Waals surface area contributed by atoms with Gasteiger partial charge >= 0.3 is 18.1 Å². The summed E-state index contributed by atoms with van der Waals surface area (Å²) in [7, 11) is 0. The number of nitrogens with zero attached hydrogens (tertiary/aromatic N) is 1. The minimum Gasteiger partial charge on any atom is -0.477 e. The number of β-lactam (4-membered cyclic amide) rings is 1. The maximum Gasteiger partial charge on any atom is 0.490 e. The smallest absolute Gasteiger partial charge is 0.477 e. The summed E-state index contributed by atoms with van der Waals surface area (Å²) in [6.45, 7) is 0.771. The Hall–Kier alpha value is -3.14. The molecule has 3 aliphatic rings. The molecule has 0 unspecified atom stereocenters. The molecular formula is C19H17F3N2O5. The van der Waals surface area contributed by atoms with Gasteiger partial charge in [0.25, 0.3) is 0 Å². The van der Waals surface area contributed by atoms with Crippen LogP contribution in [-0.2, 0) is 14.4 Å². The predicted molar refractivity (Wildman–Crippen MR) is 94.4 cm³/mol. The number of nitrogens with one attached hydrogen (secondary N) is 1. The summed E-state index contributed by atoms with van der Waals surface area (Å²) in [5.74, 6) is -3.59. The first-order valence-electron chi connectivity index (χ1n) is 8.67. The number of carbonyl (C=O) groups excluding carboxylic acids is 1. The number of benzene rings is 1. The molecule has 1 aromatic rings. The van der Waals surface area contributed by atoms with Crippen LogP contribution in [-0.4, -0.2) is 57.8 Å². The number of carboxylic acid groups (broad SMARTS) is 2. The van der Waals surface area contributed by atoms with E-state index in [0.29, 0.717) is 12.3 Å². The molecule has 0 bridgehead atoms. The lowest BCUT2D eigenvalue weighted by Crippen LogP contribution is -2.68. The van der Waals surface area contributed by atoms with Crippen molar-refractivity contribution >= 4 is 23.9 Å². The molecule has 1 amide bonds. The molecule has 0 radical (unpaired) electrons. The van der Waals surface area contributed by atoms with Crippen molar-refractivity contribution in [3.05, 3.63) is 53.2 Å². The summed E-state index contributed by atoms with van der Waals surface area (Å²) in [5.41, 5.74) is 1.89. The van der Waals surface area contributed by atoms with Gasteiger partial charge in [0.05, 0.1) is 6.04 Å². The summed E-state index contributed by atoms with van der Waals surface area (Å²) in [5, 5.41) is 19.9. The van der Waals surface area contributed by atoms with Crippen molar-refractivity contribution < 1.29 is 37.8 Å². The second-order valence-corrected chi connectivity index (χ2v) is 6.77. The topological polar surface area (TPSA) is 107 Å². The number of halogens is 3. The number of alkyl halides is 3. The molecule has 3 heterocycles. The Morgan fingerprint density at radius 2 is 1.76 bits per heavy atom. The average Bonchev–Trinajstić information content (AvgIpc) is 3.06. The Morgan fingerprint density at radius 3 is 2.31 bits per heavy atom. The van der Waals surface area contributed by atoms with Crippen LogP contribution in [0.3, 0.4) is 0 Å². The van der Waals surface area contributed by atoms with Crippen LogP contribution in [0.5, 0.6) is 0 Å². The monoisotopic (exact) mass is 410 g/mol. The molecule has 3 N–H and O–H groups in total. The molecule has 29 heavy (non-hydrogen) atoms. The van der Waals surface area contributed by atoms with Crippen LogP contribution in [0.1, 0.15) is 12.0 Å². The standard InChI is InChI=1S/C17H16N2O3.C2HF3O2/c20-16-13-14-12(9-18-13)8-11(15(17(21)22)19(14)16)7-6-10-4-2-1-3-5-10;3-2(4,5)1(6)7/h1-7,12-14,18H,8-9H2,(H,21,22);(H,6,7)/b7-6+;/t12-,13+,14-;/m1./s1. The normalized spacial score (nSPS) is 25.3. The minimum absolute atomic E-state index is 0.0208. The van der Waals surface area contributed by atoms with Crippen molar-refractivity contribution in [1.29, 1.82) is 0 Å². The van der Waals surface area contributed by atoms with Gasteiger partial charge in [0, 0.05) is 6.54 Å². The van der Waals surface area contributed by atoms with Crippen molar-refractivity contribution in [2.45, 2.75) is 24.7 Å². The molecule has 1 aromatic carbocycles. The fourth-order valence-electron chi connectivity index (χ4n) is 3.73. The number of aliphatic carboxylic acids is 2. The molecule has 7 nitrogen and oxygen atoms in total. The highest BCUT2D eigenvalue weighted by molar-refractivity contribution is 6.01. The molecule has 0 aliphatic carbocycles. The summed E-state index contributed by atoms with van der Waals surface area (Å²) in [4.78, 5) is 34.1. The van der Waals surface area contributed by atoms with E-state index in [1.54, 1.807) is 0 Å². The second kappa shape index (κ2) is 7.70. The third kappa shape index (κ3) is 4.02. The highest BCUT2D eigenvalue weighted by Crippen LogP contribution is 2.43. The number of hydrogen-bond donors (Lipinski definition) is 3. The Kier molecular flexibility index (Phi) is 5.47. The van der Waals surface area contributed by atoms with E-state index in [4.69, 9.17) is 9.90 Å². The molecule has 2 saturated heterocycles. The zero-order chi connectivity index (χ0) is 21.3. The molecule has 2 fully saturated rings. The molecule has 3 aliphatic heterocycles. The lowest BCUT2D eigenvalue weighted by atomic mass is 9.79. The van der Waals surface area contributed by atoms with Crippen molar-refractivity contribution in [3.63, 3.8) is 0 Å². The molecule has 3 atom stereocenters. The van der Waals surface area contributed by atoms with Crippen LogP contribution in [0.25, 0.3) is 6.08 Å². The van der Waals surface area contributed by atoms with Crippen LogP contribution in [0, 0.1) is 5.92 Å². The summed E-state index contributed by atoms with van der Waals surface area (Å²) >= 11 is 0. The molecule has 10 heteroatoms. The van der Waals surface area contributed by atoms with Gasteiger partial charge in [-0.05, 0) is 23.5 Å². The SMILES string of the molecule is O=C(O)C(F)(F)F.O=C(O)C1=C(/C=C/c2ccccc2)C[C@@H]2CN[C@@H]3C(=O)N1[C@H]23. The van der Waals surface area contributed by atoms with E-state index in [2.05, 4.69) is 5.32 Å². The molecule has 154 valence electrons. The maximum atomic E-state index is 12.1. The van der Waals surface area contributed by atoms with Gasteiger partial charge in [-0.2, -0.15) is 13.2 Å². The first kappa shape index (κ1) is 20.6. The fourth-order valence-corrected chi connectivity index (χ4v) is 3.73. The van der Waals surface area contributed by atoms with Gasteiger partial charge < -0.3 is 15.5 Å². The largest absolute Gasteiger partial charge is 0.490 e. The van der Waals surface area contributed by atoms with Crippen LogP contribution in [0.15, 0.2) is 47.7 Å². The first-order chi connectivity index (χ1) is 13.6. The summed E-state index contributed by atoms with van der Waals surface area (Å²) < 4.78 is 31.7. The van der Waals surface area contributed by atoms with E-state index in [1.165, 1.54) is 4.90 Å². The number of hydrogen-bond acceptors (Lipinski definition) is 4. The molecule has 0 saturated carbocycles. The van der Waals surface area contributed by atoms with Gasteiger partial charge in [-0.25, -0.2) is 9.59 Å². The third-order valence-electron chi connectivity index (χ3n) is 4.97. The molecule has 0 spiro atoms. The first-order valence-corrected chi connectivity index (χ1v) is 8.67. The van der Waals surface area contributed by atoms with Crippen molar-refractivity contribution in [2.75, 3.05) is 6.54 Å². The number of carboxylic acids is 2. The van der Waals surface area contributed by atoms with Gasteiger partial charge in [0.2, 0.25) is 5.91 Å². The van der Waals surface area contributed by atoms with Gasteiger partial charge in [-0.3, -0.25) is 9.69 Å². The van der Waals surface area contributed by atoms with E-state index in [1.807, 2.05) is 42.5 Å². The average molecular weight is 410 g/mol. The summed E-state index contributed by atoms with van der Waals surface area (Å²) in [6.07, 6.45) is -0.639. The minimum atomic E-state index is -5.08. The van der Waals surface area contributed by atoms with Gasteiger partial charge in [-0.1, -0.05) is 42.5 Å². The number of amides is 1. The molecule has 0 aromatic heterocycles. The maximum absolute atomic E-state index is 12.1. The van der Waals surface area contributed by atoms with Crippen LogP contribution in [0.2, 0.25) is 0 Å². The Bertz CT molecular complexity index is 895. The lowest BCUT2D eigenvalue weighted by molar-refractivity contribution is -0.192. The predicted octanol–water partition coefficient (Wildman–Crippen LogP) is 1.87. The van der Waals surface area contributed by atoms with Gasteiger partial charge in [0.1, 0.15) is 11.7 Å². The quantitative estimate of drug-likeness (QED) is 0.657. The fraction of sp³-hybridized carbons (Fsp3) is 0.316. The van der Waals surface area contributed by atoms with Crippen LogP contribution >= 0.6 is 0 Å². The highest BCUT2D eigenvalue weighted by Gasteiger charge is 2.59. The zero-order valence-corrected chi connectivity index (χ0v) is 14.9. The van der Waals surface area contributed by atoms with Crippen LogP contribution < -0.4 is 5.32 Å². The van der Waals surface area contributed by atoms with E-state index >= 15 is 0 Å². The van der Waals surface area contributed by atoms with Gasteiger partial charge in [-0.15, -0.1) is 0 Å². The number of rotatable bonds is 3. The van der Waals surface area contributed by atoms with Gasteiger partial charge in [0.15, 0.2) is 0 Å². The second-order valence-electron chi connectivity index (χ2n) is 6.77. The van der Waals surface area contributed by atoms with Crippen molar-refractivity contribution in [2.24, 2.45) is 5.92 Å². The number of allylic oxidation sites excluding steroid dienone is 2. The Morgan fingerprint density at radius 1 is 1.14 bits per heavy atom. The Labute approximate surface area is 163 Å². The van der Waals surface area contributed by atoms with E-state index in [0.717, 1.165) is 17.7 Å². The molecular weight excluding hydrogens is 393 g/mol.